The van der Waals surface area contributed by atoms with Gasteiger partial charge in [-0.1, -0.05) is 0 Å². The molecule has 3 rings (SSSR count). The van der Waals surface area contributed by atoms with Gasteiger partial charge in [0.05, 0.1) is 5.69 Å². The van der Waals surface area contributed by atoms with Crippen molar-refractivity contribution in [1.82, 2.24) is 0 Å². The largest absolute Gasteiger partial charge is 0.454 e. The number of benzene rings is 1. The van der Waals surface area contributed by atoms with Crippen molar-refractivity contribution in [2.75, 3.05) is 17.1 Å². The molecule has 0 aromatic heterocycles. The van der Waals surface area contributed by atoms with E-state index >= 15 is 0 Å². The Morgan fingerprint density at radius 1 is 1.25 bits per heavy atom. The number of rotatable bonds is 1. The molecule has 0 fully saturated rings. The molecule has 0 spiro atoms. The summed E-state index contributed by atoms with van der Waals surface area (Å²) in [5.41, 5.74) is 3.13. The van der Waals surface area contributed by atoms with Crippen molar-refractivity contribution >= 4 is 29.1 Å². The second kappa shape index (κ2) is 3.75. The summed E-state index contributed by atoms with van der Waals surface area (Å²) >= 11 is 11.9. The molecule has 3 nitrogen and oxygen atoms in total. The number of anilines is 1. The maximum Gasteiger partial charge on any atom is 0.231 e. The summed E-state index contributed by atoms with van der Waals surface area (Å²) in [6.45, 7) is 0.274. The third kappa shape index (κ3) is 1.51. The quantitative estimate of drug-likeness (QED) is 0.570. The van der Waals surface area contributed by atoms with Crippen molar-refractivity contribution in [1.29, 1.82) is 0 Å². The zero-order valence-corrected chi connectivity index (χ0v) is 9.88. The highest BCUT2D eigenvalue weighted by Crippen LogP contribution is 2.41. The monoisotopic (exact) mass is 257 g/mol. The van der Waals surface area contributed by atoms with Crippen LogP contribution in [0.15, 0.2) is 23.9 Å². The first-order valence-corrected chi connectivity index (χ1v) is 5.78. The molecule has 1 aromatic carbocycles. The van der Waals surface area contributed by atoms with Gasteiger partial charge < -0.3 is 9.47 Å². The Kier molecular flexibility index (Phi) is 2.37. The van der Waals surface area contributed by atoms with Gasteiger partial charge in [-0.2, -0.15) is 0 Å². The minimum Gasteiger partial charge on any atom is -0.454 e. The van der Waals surface area contributed by atoms with Gasteiger partial charge in [0.25, 0.3) is 0 Å². The normalized spacial score (nSPS) is 17.1. The number of allylic oxidation sites excluding steroid dienone is 1. The molecule has 2 aliphatic heterocycles. The Balaban J connectivity index is 2.06. The third-order valence-electron chi connectivity index (χ3n) is 2.69. The van der Waals surface area contributed by atoms with Crippen LogP contribution in [0.5, 0.6) is 11.5 Å². The van der Waals surface area contributed by atoms with Gasteiger partial charge in [0, 0.05) is 29.9 Å². The van der Waals surface area contributed by atoms with E-state index in [1.807, 2.05) is 18.3 Å². The Morgan fingerprint density at radius 2 is 2.00 bits per heavy atom. The predicted octanol–water partition coefficient (Wildman–Crippen LogP) is 3.05. The number of hydrogen-bond acceptors (Lipinski definition) is 3. The van der Waals surface area contributed by atoms with Gasteiger partial charge in [0.15, 0.2) is 11.5 Å². The van der Waals surface area contributed by atoms with Crippen LogP contribution in [-0.4, -0.2) is 12.7 Å². The number of ether oxygens (including phenoxy) is 2. The summed E-state index contributed by atoms with van der Waals surface area (Å²) in [4.78, 5) is 0. The average Bonchev–Trinajstić information content (AvgIpc) is 2.73. The maximum atomic E-state index is 6.12. The van der Waals surface area contributed by atoms with Crippen molar-refractivity contribution < 1.29 is 9.47 Å². The summed E-state index contributed by atoms with van der Waals surface area (Å²) in [5, 5.41) is 0. The summed E-state index contributed by atoms with van der Waals surface area (Å²) in [6.07, 6.45) is 2.65. The fraction of sp³-hybridized carbons (Fsp3) is 0.273. The highest BCUT2D eigenvalue weighted by atomic mass is 35.5. The lowest BCUT2D eigenvalue weighted by Gasteiger charge is -2.23. The van der Waals surface area contributed by atoms with Gasteiger partial charge in [-0.3, -0.25) is 4.42 Å². The number of nitrogens with zero attached hydrogens (tertiary/aromatic N) is 1. The molecule has 1 aromatic rings. The average molecular weight is 258 g/mol. The van der Waals surface area contributed by atoms with Crippen molar-refractivity contribution in [3.8, 4) is 11.5 Å². The molecule has 0 amide bonds. The van der Waals surface area contributed by atoms with E-state index in [1.165, 1.54) is 0 Å². The molecule has 0 atom stereocenters. The topological polar surface area (TPSA) is 21.7 Å². The minimum atomic E-state index is 0.274. The van der Waals surface area contributed by atoms with Crippen molar-refractivity contribution in [3.05, 3.63) is 29.5 Å². The minimum absolute atomic E-state index is 0.274. The standard InChI is InChI=1S/C11H9Cl2NO2/c12-4-7-1-8-2-10-11(16-6-15-10)3-9(8)14(13)5-7/h2-3,5H,1,4,6H2. The molecule has 0 aliphatic carbocycles. The predicted molar refractivity (Wildman–Crippen MR) is 63.4 cm³/mol. The Labute approximate surface area is 103 Å². The van der Waals surface area contributed by atoms with Gasteiger partial charge in [-0.05, 0) is 23.6 Å². The molecule has 0 unspecified atom stereocenters. The van der Waals surface area contributed by atoms with E-state index in [4.69, 9.17) is 32.9 Å². The molecule has 84 valence electrons. The summed E-state index contributed by atoms with van der Waals surface area (Å²) < 4.78 is 12.2. The first-order valence-electron chi connectivity index (χ1n) is 4.91. The van der Waals surface area contributed by atoms with Crippen LogP contribution in [-0.2, 0) is 6.42 Å². The van der Waals surface area contributed by atoms with E-state index < -0.39 is 0 Å². The third-order valence-corrected chi connectivity index (χ3v) is 3.31. The molecular weight excluding hydrogens is 249 g/mol. The van der Waals surface area contributed by atoms with E-state index in [9.17, 15) is 0 Å². The van der Waals surface area contributed by atoms with Gasteiger partial charge in [0.1, 0.15) is 0 Å². The summed E-state index contributed by atoms with van der Waals surface area (Å²) in [7, 11) is 0. The van der Waals surface area contributed by atoms with E-state index in [-0.39, 0.29) is 6.79 Å². The first kappa shape index (κ1) is 10.1. The van der Waals surface area contributed by atoms with Gasteiger partial charge in [-0.25, -0.2) is 0 Å². The lowest BCUT2D eigenvalue weighted by Crippen LogP contribution is -2.12. The molecule has 2 aliphatic rings. The van der Waals surface area contributed by atoms with Crippen LogP contribution < -0.4 is 13.9 Å². The van der Waals surface area contributed by atoms with Crippen molar-refractivity contribution in [3.63, 3.8) is 0 Å². The molecule has 0 N–H and O–H groups in total. The van der Waals surface area contributed by atoms with Crippen LogP contribution in [0.25, 0.3) is 0 Å². The van der Waals surface area contributed by atoms with Crippen LogP contribution in [0.4, 0.5) is 5.69 Å². The van der Waals surface area contributed by atoms with Crippen LogP contribution in [0, 0.1) is 0 Å². The fourth-order valence-electron chi connectivity index (χ4n) is 1.92. The van der Waals surface area contributed by atoms with Crippen molar-refractivity contribution in [2.45, 2.75) is 6.42 Å². The first-order chi connectivity index (χ1) is 7.78. The lowest BCUT2D eigenvalue weighted by atomic mass is 10.0. The lowest BCUT2D eigenvalue weighted by molar-refractivity contribution is 0.174. The zero-order chi connectivity index (χ0) is 11.1. The molecule has 0 radical (unpaired) electrons. The Hall–Kier alpha value is -1.06. The van der Waals surface area contributed by atoms with Crippen LogP contribution in [0.3, 0.4) is 0 Å². The summed E-state index contributed by atoms with van der Waals surface area (Å²) in [5.74, 6) is 2.00. The molecule has 0 saturated heterocycles. The molecule has 16 heavy (non-hydrogen) atoms. The Bertz CT molecular complexity index is 473. The zero-order valence-electron chi connectivity index (χ0n) is 8.37. The second-order valence-corrected chi connectivity index (χ2v) is 4.37. The van der Waals surface area contributed by atoms with Crippen LogP contribution in [0.2, 0.25) is 0 Å². The number of alkyl halides is 1. The highest BCUT2D eigenvalue weighted by molar-refractivity contribution is 6.27. The number of hydrogen-bond donors (Lipinski definition) is 0. The van der Waals surface area contributed by atoms with E-state index in [0.29, 0.717) is 5.88 Å². The van der Waals surface area contributed by atoms with Gasteiger partial charge in [-0.15, -0.1) is 11.6 Å². The molecule has 5 heteroatoms. The SMILES string of the molecule is ClCC1=CN(Cl)c2cc3c(cc2C1)OCO3. The molecular formula is C11H9Cl2NO2. The summed E-state index contributed by atoms with van der Waals surface area (Å²) in [6, 6.07) is 3.86. The molecule has 0 bridgehead atoms. The van der Waals surface area contributed by atoms with Crippen molar-refractivity contribution in [2.24, 2.45) is 0 Å². The van der Waals surface area contributed by atoms with Gasteiger partial charge >= 0.3 is 0 Å². The Morgan fingerprint density at radius 3 is 2.75 bits per heavy atom. The van der Waals surface area contributed by atoms with E-state index in [0.717, 1.165) is 34.7 Å². The highest BCUT2D eigenvalue weighted by Gasteiger charge is 2.22. The number of fused-ring (bicyclic) bond motifs is 2. The molecule has 0 saturated carbocycles. The molecule has 2 heterocycles. The smallest absolute Gasteiger partial charge is 0.231 e. The van der Waals surface area contributed by atoms with Gasteiger partial charge in [0.2, 0.25) is 6.79 Å². The van der Waals surface area contributed by atoms with E-state index in [2.05, 4.69) is 0 Å². The maximum absolute atomic E-state index is 6.12. The fourth-order valence-corrected chi connectivity index (χ4v) is 2.37. The number of halogens is 2. The van der Waals surface area contributed by atoms with Crippen LogP contribution in [0.1, 0.15) is 5.56 Å². The van der Waals surface area contributed by atoms with Crippen LogP contribution >= 0.6 is 23.4 Å². The second-order valence-electron chi connectivity index (χ2n) is 3.74. The van der Waals surface area contributed by atoms with E-state index in [1.54, 1.807) is 4.42 Å².